The van der Waals surface area contributed by atoms with E-state index in [9.17, 15) is 8.78 Å². The Morgan fingerprint density at radius 3 is 2.31 bits per heavy atom. The number of rotatable bonds is 10. The molecular weight excluding hydrogens is 210 g/mol. The third kappa shape index (κ3) is 7.99. The lowest BCUT2D eigenvalue weighted by atomic mass is 9.99. The summed E-state index contributed by atoms with van der Waals surface area (Å²) in [5, 5.41) is 0. The summed E-state index contributed by atoms with van der Waals surface area (Å²) in [5.74, 6) is 0.533. The van der Waals surface area contributed by atoms with Gasteiger partial charge in [0.25, 0.3) is 6.43 Å². The van der Waals surface area contributed by atoms with E-state index in [2.05, 4.69) is 13.8 Å². The Kier molecular flexibility index (Phi) is 9.83. The lowest BCUT2D eigenvalue weighted by Crippen LogP contribution is -2.37. The number of nitrogens with two attached hydrogens (primary N) is 1. The van der Waals surface area contributed by atoms with Gasteiger partial charge < -0.3 is 5.73 Å². The molecule has 1 atom stereocenters. The van der Waals surface area contributed by atoms with E-state index < -0.39 is 6.43 Å². The fourth-order valence-electron chi connectivity index (χ4n) is 1.92. The average Bonchev–Trinajstić information content (AvgIpc) is 2.23. The van der Waals surface area contributed by atoms with Gasteiger partial charge in [0, 0.05) is 19.6 Å². The van der Waals surface area contributed by atoms with Crippen LogP contribution in [0.25, 0.3) is 0 Å². The first-order chi connectivity index (χ1) is 7.63. The lowest BCUT2D eigenvalue weighted by molar-refractivity contribution is 0.0799. The van der Waals surface area contributed by atoms with Crippen molar-refractivity contribution in [3.05, 3.63) is 0 Å². The lowest BCUT2D eigenvalue weighted by Gasteiger charge is -2.26. The average molecular weight is 236 g/mol. The quantitative estimate of drug-likeness (QED) is 0.632. The molecule has 98 valence electrons. The minimum atomic E-state index is -2.25. The molecule has 0 aliphatic heterocycles. The van der Waals surface area contributed by atoms with Crippen LogP contribution in [0.1, 0.15) is 39.5 Å². The van der Waals surface area contributed by atoms with Gasteiger partial charge in [0.2, 0.25) is 0 Å². The summed E-state index contributed by atoms with van der Waals surface area (Å²) in [6.07, 6.45) is 2.29. The summed E-state index contributed by atoms with van der Waals surface area (Å²) in [6.45, 7) is 5.94. The maximum Gasteiger partial charge on any atom is 0.251 e. The number of hydrogen-bond acceptors (Lipinski definition) is 2. The topological polar surface area (TPSA) is 29.3 Å². The van der Waals surface area contributed by atoms with E-state index in [1.807, 2.05) is 0 Å². The molecule has 0 fully saturated rings. The molecule has 0 aromatic rings. The van der Waals surface area contributed by atoms with Crippen molar-refractivity contribution in [1.29, 1.82) is 0 Å². The van der Waals surface area contributed by atoms with Gasteiger partial charge in [-0.15, -0.1) is 0 Å². The van der Waals surface area contributed by atoms with Crippen LogP contribution in [0.15, 0.2) is 0 Å². The molecule has 0 radical (unpaired) electrons. The Labute approximate surface area is 98.2 Å². The van der Waals surface area contributed by atoms with Crippen molar-refractivity contribution >= 4 is 0 Å². The fraction of sp³-hybridized carbons (Fsp3) is 1.00. The Morgan fingerprint density at radius 2 is 1.88 bits per heavy atom. The van der Waals surface area contributed by atoms with E-state index >= 15 is 0 Å². The van der Waals surface area contributed by atoms with Gasteiger partial charge in [-0.05, 0) is 12.3 Å². The summed E-state index contributed by atoms with van der Waals surface area (Å²) >= 11 is 0. The molecule has 16 heavy (non-hydrogen) atoms. The minimum absolute atomic E-state index is 0.139. The SMILES string of the molecule is CCCCC(CC)CN(CCN)CC(F)F. The second kappa shape index (κ2) is 9.97. The second-order valence-corrected chi connectivity index (χ2v) is 4.36. The predicted molar refractivity (Wildman–Crippen MR) is 64.8 cm³/mol. The Hall–Kier alpha value is -0.220. The zero-order valence-electron chi connectivity index (χ0n) is 10.6. The number of halogens is 2. The third-order valence-corrected chi connectivity index (χ3v) is 2.90. The van der Waals surface area contributed by atoms with Crippen molar-refractivity contribution in [2.24, 2.45) is 11.7 Å². The molecule has 2 nitrogen and oxygen atoms in total. The standard InChI is InChI=1S/C12H26F2N2/c1-3-5-6-11(4-2)9-16(8-7-15)10-12(13)14/h11-12H,3-10,15H2,1-2H3. The van der Waals surface area contributed by atoms with Gasteiger partial charge in [-0.3, -0.25) is 4.90 Å². The van der Waals surface area contributed by atoms with Gasteiger partial charge >= 0.3 is 0 Å². The summed E-state index contributed by atoms with van der Waals surface area (Å²) in [7, 11) is 0. The normalized spacial score (nSPS) is 13.7. The molecule has 4 heteroatoms. The summed E-state index contributed by atoms with van der Waals surface area (Å²) in [6, 6.07) is 0. The van der Waals surface area contributed by atoms with Gasteiger partial charge in [-0.2, -0.15) is 0 Å². The van der Waals surface area contributed by atoms with E-state index in [1.165, 1.54) is 12.8 Å². The molecule has 0 heterocycles. The predicted octanol–water partition coefficient (Wildman–Crippen LogP) is 2.73. The van der Waals surface area contributed by atoms with Crippen LogP contribution in [0.3, 0.4) is 0 Å². The summed E-state index contributed by atoms with van der Waals surface area (Å²) < 4.78 is 24.7. The van der Waals surface area contributed by atoms with Crippen molar-refractivity contribution in [3.63, 3.8) is 0 Å². The highest BCUT2D eigenvalue weighted by molar-refractivity contribution is 4.66. The number of unbranched alkanes of at least 4 members (excludes halogenated alkanes) is 1. The van der Waals surface area contributed by atoms with Gasteiger partial charge in [0.05, 0.1) is 6.54 Å². The summed E-state index contributed by atoms with van der Waals surface area (Å²) in [5.41, 5.74) is 5.44. The highest BCUT2D eigenvalue weighted by atomic mass is 19.3. The van der Waals surface area contributed by atoms with Gasteiger partial charge in [0.15, 0.2) is 0 Å². The molecule has 0 saturated heterocycles. The molecule has 0 amide bonds. The van der Waals surface area contributed by atoms with E-state index in [1.54, 1.807) is 4.90 Å². The molecule has 0 saturated carbocycles. The monoisotopic (exact) mass is 236 g/mol. The van der Waals surface area contributed by atoms with Gasteiger partial charge in [0.1, 0.15) is 0 Å². The van der Waals surface area contributed by atoms with E-state index in [-0.39, 0.29) is 6.54 Å². The van der Waals surface area contributed by atoms with Gasteiger partial charge in [-0.25, -0.2) is 8.78 Å². The first-order valence-electron chi connectivity index (χ1n) is 6.34. The molecule has 2 N–H and O–H groups in total. The molecule has 0 aliphatic carbocycles. The highest BCUT2D eigenvalue weighted by Crippen LogP contribution is 2.14. The van der Waals surface area contributed by atoms with Gasteiger partial charge in [-0.1, -0.05) is 33.1 Å². The number of nitrogens with zero attached hydrogens (tertiary/aromatic N) is 1. The molecule has 1 unspecified atom stereocenters. The van der Waals surface area contributed by atoms with Crippen molar-refractivity contribution in [3.8, 4) is 0 Å². The molecule has 0 aliphatic rings. The maximum atomic E-state index is 12.3. The van der Waals surface area contributed by atoms with Crippen molar-refractivity contribution in [1.82, 2.24) is 4.90 Å². The van der Waals surface area contributed by atoms with Crippen molar-refractivity contribution in [2.75, 3.05) is 26.2 Å². The summed E-state index contributed by atoms with van der Waals surface area (Å²) in [4.78, 5) is 1.80. The van der Waals surface area contributed by atoms with E-state index in [0.29, 0.717) is 19.0 Å². The Morgan fingerprint density at radius 1 is 1.19 bits per heavy atom. The number of hydrogen-bond donors (Lipinski definition) is 1. The van der Waals surface area contributed by atoms with Crippen LogP contribution in [-0.4, -0.2) is 37.5 Å². The minimum Gasteiger partial charge on any atom is -0.329 e. The van der Waals surface area contributed by atoms with Crippen LogP contribution in [-0.2, 0) is 0 Å². The van der Waals surface area contributed by atoms with Crippen LogP contribution in [0.5, 0.6) is 0 Å². The van der Waals surface area contributed by atoms with E-state index in [0.717, 1.165) is 19.4 Å². The fourth-order valence-corrected chi connectivity index (χ4v) is 1.92. The third-order valence-electron chi connectivity index (χ3n) is 2.90. The van der Waals surface area contributed by atoms with E-state index in [4.69, 9.17) is 5.73 Å². The van der Waals surface area contributed by atoms with Crippen LogP contribution in [0.4, 0.5) is 8.78 Å². The molecule has 0 aromatic carbocycles. The van der Waals surface area contributed by atoms with Crippen LogP contribution in [0, 0.1) is 5.92 Å². The maximum absolute atomic E-state index is 12.3. The van der Waals surface area contributed by atoms with Crippen molar-refractivity contribution < 1.29 is 8.78 Å². The Balaban J connectivity index is 4.00. The zero-order chi connectivity index (χ0) is 12.4. The Bertz CT molecular complexity index is 154. The van der Waals surface area contributed by atoms with Crippen LogP contribution < -0.4 is 5.73 Å². The first kappa shape index (κ1) is 15.8. The molecule has 0 spiro atoms. The van der Waals surface area contributed by atoms with Crippen molar-refractivity contribution in [2.45, 2.75) is 46.0 Å². The zero-order valence-corrected chi connectivity index (χ0v) is 10.6. The van der Waals surface area contributed by atoms with Crippen LogP contribution in [0.2, 0.25) is 0 Å². The van der Waals surface area contributed by atoms with Crippen LogP contribution >= 0.6 is 0 Å². The largest absolute Gasteiger partial charge is 0.329 e. The molecular formula is C12H26F2N2. The molecule has 0 bridgehead atoms. The molecule has 0 rings (SSSR count). The first-order valence-corrected chi connectivity index (χ1v) is 6.34. The highest BCUT2D eigenvalue weighted by Gasteiger charge is 2.15. The molecule has 0 aromatic heterocycles. The second-order valence-electron chi connectivity index (χ2n) is 4.36. The number of alkyl halides is 2. The smallest absolute Gasteiger partial charge is 0.251 e.